The lowest BCUT2D eigenvalue weighted by Gasteiger charge is -2.34. The molecule has 3 rings (SSSR count). The summed E-state index contributed by atoms with van der Waals surface area (Å²) in [6.45, 7) is 4.53. The van der Waals surface area contributed by atoms with Gasteiger partial charge in [-0.3, -0.25) is 9.69 Å². The summed E-state index contributed by atoms with van der Waals surface area (Å²) in [5.74, 6) is 0.373. The number of rotatable bonds is 9. The number of aromatic nitrogens is 1. The number of ether oxygens (including phenoxy) is 2. The number of hydrogen-bond acceptors (Lipinski definition) is 7. The van der Waals surface area contributed by atoms with Crippen LogP contribution < -0.4 is 10.5 Å². The third-order valence-corrected chi connectivity index (χ3v) is 5.72. The Morgan fingerprint density at radius 3 is 2.55 bits per heavy atom. The van der Waals surface area contributed by atoms with Crippen LogP contribution in [0.1, 0.15) is 15.9 Å². The predicted octanol–water partition coefficient (Wildman–Crippen LogP) is 2.32. The van der Waals surface area contributed by atoms with Crippen LogP contribution in [0.4, 0.5) is 5.82 Å². The minimum atomic E-state index is -0.121. The maximum Gasteiger partial charge on any atom is 0.255 e. The Morgan fingerprint density at radius 2 is 1.87 bits per heavy atom. The molecule has 0 spiro atoms. The molecule has 31 heavy (non-hydrogen) atoms. The molecule has 0 bridgehead atoms. The number of nitrogen functional groups attached to an aromatic ring is 1. The lowest BCUT2D eigenvalue weighted by Crippen LogP contribution is -2.49. The van der Waals surface area contributed by atoms with Gasteiger partial charge < -0.3 is 25.2 Å². The van der Waals surface area contributed by atoms with Gasteiger partial charge in [-0.2, -0.15) is 0 Å². The highest BCUT2D eigenvalue weighted by atomic mass is 35.5. The number of piperazine rings is 1. The average molecular weight is 469 g/mol. The van der Waals surface area contributed by atoms with Crippen molar-refractivity contribution in [3.05, 3.63) is 51.6 Å². The molecule has 1 aromatic heterocycles. The molecule has 1 amide bonds. The highest BCUT2D eigenvalue weighted by Gasteiger charge is 2.23. The van der Waals surface area contributed by atoms with Crippen LogP contribution in [-0.4, -0.2) is 78.3 Å². The number of pyridine rings is 1. The zero-order chi connectivity index (χ0) is 22.2. The molecule has 1 aliphatic rings. The molecular formula is C21H26Cl2N4O4. The van der Waals surface area contributed by atoms with Crippen LogP contribution in [0, 0.1) is 0 Å². The molecule has 1 fully saturated rings. The number of aliphatic hydroxyl groups is 1. The van der Waals surface area contributed by atoms with Crippen molar-refractivity contribution in [3.8, 4) is 5.75 Å². The Labute approximate surface area is 191 Å². The monoisotopic (exact) mass is 468 g/mol. The van der Waals surface area contributed by atoms with Crippen molar-refractivity contribution >= 4 is 34.9 Å². The van der Waals surface area contributed by atoms with Gasteiger partial charge in [0.1, 0.15) is 6.61 Å². The number of halogens is 2. The molecule has 0 atom stereocenters. The van der Waals surface area contributed by atoms with E-state index >= 15 is 0 Å². The number of aliphatic hydroxyl groups excluding tert-OH is 1. The number of amides is 1. The van der Waals surface area contributed by atoms with Gasteiger partial charge in [0, 0.05) is 54.5 Å². The largest absolute Gasteiger partial charge is 0.485 e. The van der Waals surface area contributed by atoms with Crippen LogP contribution in [0.3, 0.4) is 0 Å². The maximum atomic E-state index is 12.9. The van der Waals surface area contributed by atoms with Crippen LogP contribution in [0.2, 0.25) is 10.0 Å². The molecule has 8 nitrogen and oxygen atoms in total. The van der Waals surface area contributed by atoms with Crippen molar-refractivity contribution in [2.75, 3.05) is 58.3 Å². The van der Waals surface area contributed by atoms with Gasteiger partial charge in [-0.1, -0.05) is 29.3 Å². The summed E-state index contributed by atoms with van der Waals surface area (Å²) in [6, 6.07) is 6.81. The Balaban J connectivity index is 1.58. The van der Waals surface area contributed by atoms with Crippen LogP contribution in [0.15, 0.2) is 30.5 Å². The zero-order valence-electron chi connectivity index (χ0n) is 17.1. The number of hydrogen-bond donors (Lipinski definition) is 2. The van der Waals surface area contributed by atoms with Crippen LogP contribution in [0.5, 0.6) is 5.75 Å². The van der Waals surface area contributed by atoms with Gasteiger partial charge in [0.15, 0.2) is 11.6 Å². The summed E-state index contributed by atoms with van der Waals surface area (Å²) in [4.78, 5) is 21.1. The van der Waals surface area contributed by atoms with Crippen molar-refractivity contribution < 1.29 is 19.4 Å². The highest BCUT2D eigenvalue weighted by molar-refractivity contribution is 6.35. The predicted molar refractivity (Wildman–Crippen MR) is 120 cm³/mol. The number of nitrogens with zero attached hydrogens (tertiary/aromatic N) is 3. The van der Waals surface area contributed by atoms with Gasteiger partial charge in [-0.15, -0.1) is 0 Å². The number of nitrogens with two attached hydrogens (primary N) is 1. The van der Waals surface area contributed by atoms with Gasteiger partial charge in [0.05, 0.1) is 25.4 Å². The molecule has 0 saturated carbocycles. The van der Waals surface area contributed by atoms with Crippen molar-refractivity contribution in [1.82, 2.24) is 14.8 Å². The Hall–Kier alpha value is -2.10. The second kappa shape index (κ2) is 11.5. The molecule has 0 radical (unpaired) electrons. The van der Waals surface area contributed by atoms with Crippen molar-refractivity contribution in [2.24, 2.45) is 0 Å². The minimum absolute atomic E-state index is 0.0229. The molecule has 1 saturated heterocycles. The Bertz CT molecular complexity index is 871. The standard InChI is InChI=1S/C21H26Cl2N4O4/c22-17-2-1-3-18(23)16(17)14-31-19-12-15(13-25-20(19)24)21(29)27-6-4-26(5-7-27)8-10-30-11-9-28/h1-3,12-13,28H,4-11,14H2,(H2,24,25). The number of carbonyl (C=O) groups excluding carboxylic acids is 1. The average Bonchev–Trinajstić information content (AvgIpc) is 2.77. The first-order valence-corrected chi connectivity index (χ1v) is 10.8. The number of carbonyl (C=O) groups is 1. The second-order valence-corrected chi connectivity index (χ2v) is 7.88. The highest BCUT2D eigenvalue weighted by Crippen LogP contribution is 2.28. The lowest BCUT2D eigenvalue weighted by atomic mass is 10.2. The van der Waals surface area contributed by atoms with Crippen LogP contribution in [-0.2, 0) is 11.3 Å². The normalized spacial score (nSPS) is 14.6. The van der Waals surface area contributed by atoms with E-state index in [1.807, 2.05) is 0 Å². The fourth-order valence-electron chi connectivity index (χ4n) is 3.23. The van der Waals surface area contributed by atoms with Gasteiger partial charge in [-0.25, -0.2) is 4.98 Å². The SMILES string of the molecule is Nc1ncc(C(=O)N2CCN(CCOCCO)CC2)cc1OCc1c(Cl)cccc1Cl. The first-order chi connectivity index (χ1) is 15.0. The maximum absolute atomic E-state index is 12.9. The van der Waals surface area contributed by atoms with Crippen molar-refractivity contribution in [2.45, 2.75) is 6.61 Å². The molecule has 1 aliphatic heterocycles. The van der Waals surface area contributed by atoms with E-state index < -0.39 is 0 Å². The third-order valence-electron chi connectivity index (χ3n) is 5.01. The van der Waals surface area contributed by atoms with E-state index in [4.69, 9.17) is 43.5 Å². The van der Waals surface area contributed by atoms with Gasteiger partial charge in [0.25, 0.3) is 5.91 Å². The lowest BCUT2D eigenvalue weighted by molar-refractivity contribution is 0.0486. The van der Waals surface area contributed by atoms with E-state index in [0.717, 1.165) is 19.6 Å². The summed E-state index contributed by atoms with van der Waals surface area (Å²) in [7, 11) is 0. The van der Waals surface area contributed by atoms with Crippen LogP contribution in [0.25, 0.3) is 0 Å². The molecule has 2 aromatic rings. The molecule has 1 aromatic carbocycles. The quantitative estimate of drug-likeness (QED) is 0.544. The molecule has 0 unspecified atom stereocenters. The third kappa shape index (κ3) is 6.44. The van der Waals surface area contributed by atoms with E-state index in [0.29, 0.717) is 53.2 Å². The molecule has 0 aliphatic carbocycles. The summed E-state index contributed by atoms with van der Waals surface area (Å²) in [5.41, 5.74) is 6.98. The molecule has 168 valence electrons. The topological polar surface area (TPSA) is 101 Å². The second-order valence-electron chi connectivity index (χ2n) is 7.07. The van der Waals surface area contributed by atoms with Gasteiger partial charge in [0.2, 0.25) is 0 Å². The van der Waals surface area contributed by atoms with E-state index in [2.05, 4.69) is 9.88 Å². The van der Waals surface area contributed by atoms with E-state index in [1.165, 1.54) is 6.20 Å². The molecule has 2 heterocycles. The minimum Gasteiger partial charge on any atom is -0.485 e. The first-order valence-electron chi connectivity index (χ1n) is 10.0. The smallest absolute Gasteiger partial charge is 0.255 e. The first kappa shape index (κ1) is 23.6. The van der Waals surface area contributed by atoms with Crippen molar-refractivity contribution in [3.63, 3.8) is 0 Å². The van der Waals surface area contributed by atoms with Gasteiger partial charge >= 0.3 is 0 Å². The van der Waals surface area contributed by atoms with Crippen molar-refractivity contribution in [1.29, 1.82) is 0 Å². The van der Waals surface area contributed by atoms with Gasteiger partial charge in [-0.05, 0) is 18.2 Å². The van der Waals surface area contributed by atoms with E-state index in [9.17, 15) is 4.79 Å². The fourth-order valence-corrected chi connectivity index (χ4v) is 3.73. The Morgan fingerprint density at radius 1 is 1.16 bits per heavy atom. The molecular weight excluding hydrogens is 443 g/mol. The molecule has 10 heteroatoms. The zero-order valence-corrected chi connectivity index (χ0v) is 18.6. The fraction of sp³-hybridized carbons (Fsp3) is 0.429. The summed E-state index contributed by atoms with van der Waals surface area (Å²) < 4.78 is 11.1. The van der Waals surface area contributed by atoms with E-state index in [1.54, 1.807) is 29.2 Å². The van der Waals surface area contributed by atoms with Crippen LogP contribution >= 0.6 is 23.2 Å². The van der Waals surface area contributed by atoms with E-state index in [-0.39, 0.29) is 24.9 Å². The number of anilines is 1. The summed E-state index contributed by atoms with van der Waals surface area (Å²) in [6.07, 6.45) is 1.46. The summed E-state index contributed by atoms with van der Waals surface area (Å²) in [5, 5.41) is 9.73. The molecule has 3 N–H and O–H groups in total. The summed E-state index contributed by atoms with van der Waals surface area (Å²) >= 11 is 12.4. The number of benzene rings is 1. The Kier molecular flexibility index (Phi) is 8.74.